The van der Waals surface area contributed by atoms with Crippen molar-refractivity contribution in [3.05, 3.63) is 35.4 Å². The van der Waals surface area contributed by atoms with Crippen LogP contribution in [-0.2, 0) is 13.1 Å². The first-order valence-corrected chi connectivity index (χ1v) is 10.3. The Kier molecular flexibility index (Phi) is 7.32. The molecule has 2 fully saturated rings. The van der Waals surface area contributed by atoms with Crippen molar-refractivity contribution in [1.82, 2.24) is 20.4 Å². The Labute approximate surface area is 158 Å². The molecule has 0 atom stereocenters. The highest BCUT2D eigenvalue weighted by Crippen LogP contribution is 2.25. The molecule has 1 aromatic carbocycles. The predicted molar refractivity (Wildman–Crippen MR) is 109 cm³/mol. The summed E-state index contributed by atoms with van der Waals surface area (Å²) in [5.41, 5.74) is 2.71. The summed E-state index contributed by atoms with van der Waals surface area (Å²) in [6, 6.07) is 9.83. The van der Waals surface area contributed by atoms with Gasteiger partial charge in [-0.05, 0) is 56.4 Å². The van der Waals surface area contributed by atoms with Crippen LogP contribution in [-0.4, -0.2) is 61.6 Å². The Balaban J connectivity index is 1.37. The molecule has 2 N–H and O–H groups in total. The van der Waals surface area contributed by atoms with E-state index in [0.29, 0.717) is 0 Å². The molecule has 1 heterocycles. The SMILES string of the molecule is CCN(CCNC(=NC)NCc1ccc(CN2CCCC2)cc1)C1CC1. The van der Waals surface area contributed by atoms with Gasteiger partial charge in [-0.3, -0.25) is 14.8 Å². The van der Waals surface area contributed by atoms with Gasteiger partial charge in [0.2, 0.25) is 0 Å². The molecule has 1 aliphatic heterocycles. The molecule has 3 rings (SSSR count). The minimum Gasteiger partial charge on any atom is -0.355 e. The molecule has 144 valence electrons. The molecule has 0 spiro atoms. The second-order valence-corrected chi connectivity index (χ2v) is 7.51. The number of aliphatic imine (C=N–C) groups is 1. The Bertz CT molecular complexity index is 558. The molecular weight excluding hydrogens is 322 g/mol. The van der Waals surface area contributed by atoms with Gasteiger partial charge in [0.1, 0.15) is 0 Å². The summed E-state index contributed by atoms with van der Waals surface area (Å²) in [5, 5.41) is 6.86. The quantitative estimate of drug-likeness (QED) is 0.526. The van der Waals surface area contributed by atoms with Gasteiger partial charge in [0.25, 0.3) is 0 Å². The molecule has 5 nitrogen and oxygen atoms in total. The largest absolute Gasteiger partial charge is 0.355 e. The van der Waals surface area contributed by atoms with Gasteiger partial charge in [-0.15, -0.1) is 0 Å². The number of likely N-dealkylation sites (N-methyl/N-ethyl adjacent to an activating group) is 1. The van der Waals surface area contributed by atoms with E-state index in [1.165, 1.54) is 49.9 Å². The molecular formula is C21H35N5. The van der Waals surface area contributed by atoms with Crippen LogP contribution in [0.2, 0.25) is 0 Å². The molecule has 2 aliphatic rings. The van der Waals surface area contributed by atoms with Gasteiger partial charge in [-0.1, -0.05) is 31.2 Å². The van der Waals surface area contributed by atoms with Crippen molar-refractivity contribution < 1.29 is 0 Å². The standard InChI is InChI=1S/C21H35N5/c1-3-26(20-10-11-20)15-12-23-21(22-2)24-16-18-6-8-19(9-7-18)17-25-13-4-5-14-25/h6-9,20H,3-5,10-17H2,1-2H3,(H2,22,23,24). The minimum absolute atomic E-state index is 0.809. The first-order valence-electron chi connectivity index (χ1n) is 10.3. The van der Waals surface area contributed by atoms with Crippen molar-refractivity contribution in [1.29, 1.82) is 0 Å². The number of hydrogen-bond acceptors (Lipinski definition) is 3. The number of rotatable bonds is 9. The Morgan fingerprint density at radius 1 is 1.12 bits per heavy atom. The van der Waals surface area contributed by atoms with E-state index < -0.39 is 0 Å². The molecule has 26 heavy (non-hydrogen) atoms. The van der Waals surface area contributed by atoms with E-state index >= 15 is 0 Å². The van der Waals surface area contributed by atoms with Crippen LogP contribution >= 0.6 is 0 Å². The Morgan fingerprint density at radius 2 is 1.81 bits per heavy atom. The van der Waals surface area contributed by atoms with E-state index in [0.717, 1.165) is 44.7 Å². The molecule has 5 heteroatoms. The van der Waals surface area contributed by atoms with Crippen molar-refractivity contribution in [3.8, 4) is 0 Å². The fourth-order valence-corrected chi connectivity index (χ4v) is 3.72. The number of likely N-dealkylation sites (tertiary alicyclic amines) is 1. The number of guanidine groups is 1. The smallest absolute Gasteiger partial charge is 0.191 e. The van der Waals surface area contributed by atoms with Crippen LogP contribution in [0.3, 0.4) is 0 Å². The fourth-order valence-electron chi connectivity index (χ4n) is 3.72. The second-order valence-electron chi connectivity index (χ2n) is 7.51. The lowest BCUT2D eigenvalue weighted by molar-refractivity contribution is 0.282. The Hall–Kier alpha value is -1.59. The first-order chi connectivity index (χ1) is 12.8. The maximum absolute atomic E-state index is 4.34. The topological polar surface area (TPSA) is 42.9 Å². The van der Waals surface area contributed by atoms with Crippen molar-refractivity contribution in [2.24, 2.45) is 4.99 Å². The first kappa shape index (κ1) is 19.2. The number of nitrogens with zero attached hydrogens (tertiary/aromatic N) is 3. The third kappa shape index (κ3) is 5.99. The molecule has 0 radical (unpaired) electrons. The van der Waals surface area contributed by atoms with Crippen molar-refractivity contribution in [2.75, 3.05) is 39.8 Å². The third-order valence-corrected chi connectivity index (χ3v) is 5.47. The summed E-state index contributed by atoms with van der Waals surface area (Å²) in [6.07, 6.45) is 5.44. The average molecular weight is 358 g/mol. The number of hydrogen-bond donors (Lipinski definition) is 2. The van der Waals surface area contributed by atoms with Crippen LogP contribution in [0.15, 0.2) is 29.3 Å². The van der Waals surface area contributed by atoms with E-state index in [1.807, 2.05) is 7.05 Å². The van der Waals surface area contributed by atoms with Crippen LogP contribution < -0.4 is 10.6 Å². The minimum atomic E-state index is 0.809. The van der Waals surface area contributed by atoms with Gasteiger partial charge in [-0.25, -0.2) is 0 Å². The van der Waals surface area contributed by atoms with E-state index in [9.17, 15) is 0 Å². The van der Waals surface area contributed by atoms with Crippen molar-refractivity contribution in [2.45, 2.75) is 51.7 Å². The summed E-state index contributed by atoms with van der Waals surface area (Å²) in [5.74, 6) is 0.887. The zero-order valence-electron chi connectivity index (χ0n) is 16.5. The highest BCUT2D eigenvalue weighted by Gasteiger charge is 2.27. The highest BCUT2D eigenvalue weighted by atomic mass is 15.2. The lowest BCUT2D eigenvalue weighted by Gasteiger charge is -2.20. The molecule has 0 amide bonds. The molecule has 1 aromatic rings. The maximum Gasteiger partial charge on any atom is 0.191 e. The number of nitrogens with one attached hydrogen (secondary N) is 2. The molecule has 0 aromatic heterocycles. The van der Waals surface area contributed by atoms with E-state index in [2.05, 4.69) is 56.6 Å². The van der Waals surface area contributed by atoms with Crippen LogP contribution in [0.4, 0.5) is 0 Å². The molecule has 0 unspecified atom stereocenters. The van der Waals surface area contributed by atoms with Crippen LogP contribution in [0.1, 0.15) is 43.7 Å². The third-order valence-electron chi connectivity index (χ3n) is 5.47. The molecule has 1 aliphatic carbocycles. The lowest BCUT2D eigenvalue weighted by Crippen LogP contribution is -2.41. The normalized spacial score (nSPS) is 18.5. The summed E-state index contributed by atoms with van der Waals surface area (Å²) < 4.78 is 0. The van der Waals surface area contributed by atoms with E-state index in [1.54, 1.807) is 0 Å². The molecule has 1 saturated heterocycles. The summed E-state index contributed by atoms with van der Waals surface area (Å²) in [4.78, 5) is 9.44. The highest BCUT2D eigenvalue weighted by molar-refractivity contribution is 5.79. The zero-order valence-corrected chi connectivity index (χ0v) is 16.5. The monoisotopic (exact) mass is 357 g/mol. The van der Waals surface area contributed by atoms with Crippen LogP contribution in [0.5, 0.6) is 0 Å². The van der Waals surface area contributed by atoms with Crippen molar-refractivity contribution in [3.63, 3.8) is 0 Å². The molecule has 0 bridgehead atoms. The van der Waals surface area contributed by atoms with Crippen LogP contribution in [0.25, 0.3) is 0 Å². The average Bonchev–Trinajstić information content (AvgIpc) is 3.39. The summed E-state index contributed by atoms with van der Waals surface area (Å²) in [7, 11) is 1.84. The summed E-state index contributed by atoms with van der Waals surface area (Å²) >= 11 is 0. The second kappa shape index (κ2) is 9.93. The van der Waals surface area contributed by atoms with Gasteiger partial charge in [0.05, 0.1) is 0 Å². The number of benzene rings is 1. The van der Waals surface area contributed by atoms with E-state index in [-0.39, 0.29) is 0 Å². The van der Waals surface area contributed by atoms with Gasteiger partial charge >= 0.3 is 0 Å². The summed E-state index contributed by atoms with van der Waals surface area (Å²) in [6.45, 7) is 9.82. The fraction of sp³-hybridized carbons (Fsp3) is 0.667. The molecule has 1 saturated carbocycles. The lowest BCUT2D eigenvalue weighted by atomic mass is 10.1. The van der Waals surface area contributed by atoms with Gasteiger partial charge in [-0.2, -0.15) is 0 Å². The van der Waals surface area contributed by atoms with Gasteiger partial charge in [0, 0.05) is 39.3 Å². The van der Waals surface area contributed by atoms with Gasteiger partial charge < -0.3 is 10.6 Å². The Morgan fingerprint density at radius 3 is 2.42 bits per heavy atom. The predicted octanol–water partition coefficient (Wildman–Crippen LogP) is 2.43. The van der Waals surface area contributed by atoms with Crippen LogP contribution in [0, 0.1) is 0 Å². The maximum atomic E-state index is 4.34. The zero-order chi connectivity index (χ0) is 18.2. The van der Waals surface area contributed by atoms with Gasteiger partial charge in [0.15, 0.2) is 5.96 Å². The van der Waals surface area contributed by atoms with E-state index in [4.69, 9.17) is 0 Å². The van der Waals surface area contributed by atoms with Crippen molar-refractivity contribution >= 4 is 5.96 Å².